The van der Waals surface area contributed by atoms with Gasteiger partial charge in [0.2, 0.25) is 11.8 Å². The van der Waals surface area contributed by atoms with E-state index in [1.807, 2.05) is 13.0 Å². The molecule has 11 heteroatoms. The Balaban J connectivity index is 1.34. The van der Waals surface area contributed by atoms with Crippen LogP contribution in [0.5, 0.6) is 17.2 Å². The first-order valence-electron chi connectivity index (χ1n) is 13.3. The van der Waals surface area contributed by atoms with Gasteiger partial charge in [-0.25, -0.2) is 4.39 Å². The van der Waals surface area contributed by atoms with E-state index in [-0.39, 0.29) is 0 Å². The van der Waals surface area contributed by atoms with Crippen molar-refractivity contribution in [2.45, 2.75) is 26.2 Å². The Morgan fingerprint density at radius 1 is 1.02 bits per heavy atom. The average molecular weight is 568 g/mol. The zero-order valence-electron chi connectivity index (χ0n) is 22.8. The van der Waals surface area contributed by atoms with Gasteiger partial charge in [-0.15, -0.1) is 0 Å². The molecule has 1 saturated carbocycles. The molecule has 0 aliphatic heterocycles. The van der Waals surface area contributed by atoms with Gasteiger partial charge in [-0.1, -0.05) is 12.1 Å². The standard InChI is InChI=1S/C31H26FN5O5/c1-3-27-35-28(42-36-27)23-16-22-24(17-26(23)40-2)34-15-12-25(22)41-21-10-8-20(9-11-21)37(19-6-4-18(32)5-7-19)30(39)31(13-14-31)29(33)38/h4-12,15-17H,3,13-14H2,1-2H3,(H2,33,38). The molecule has 2 aromatic heterocycles. The largest absolute Gasteiger partial charge is 0.496 e. The Morgan fingerprint density at radius 3 is 2.31 bits per heavy atom. The molecule has 42 heavy (non-hydrogen) atoms. The van der Waals surface area contributed by atoms with Gasteiger partial charge in [-0.3, -0.25) is 19.5 Å². The predicted molar refractivity (Wildman–Crippen MR) is 152 cm³/mol. The summed E-state index contributed by atoms with van der Waals surface area (Å²) in [6, 6.07) is 17.6. The number of nitrogens with zero attached hydrogens (tertiary/aromatic N) is 4. The van der Waals surface area contributed by atoms with Gasteiger partial charge >= 0.3 is 0 Å². The predicted octanol–water partition coefficient (Wildman–Crippen LogP) is 5.72. The Hall–Kier alpha value is -5.32. The van der Waals surface area contributed by atoms with E-state index in [1.54, 1.807) is 49.7 Å². The summed E-state index contributed by atoms with van der Waals surface area (Å²) >= 11 is 0. The van der Waals surface area contributed by atoms with Gasteiger partial charge in [0.25, 0.3) is 5.89 Å². The highest BCUT2D eigenvalue weighted by Crippen LogP contribution is 2.49. The number of ether oxygens (including phenoxy) is 2. The van der Waals surface area contributed by atoms with Crippen LogP contribution in [0.25, 0.3) is 22.4 Å². The topological polar surface area (TPSA) is 134 Å². The third kappa shape index (κ3) is 4.78. The van der Waals surface area contributed by atoms with Crippen LogP contribution in [0.15, 0.2) is 77.4 Å². The molecule has 1 fully saturated rings. The molecule has 5 aromatic rings. The molecule has 2 amide bonds. The number of carbonyl (C=O) groups is 2. The minimum Gasteiger partial charge on any atom is -0.496 e. The number of hydrogen-bond acceptors (Lipinski definition) is 8. The zero-order valence-corrected chi connectivity index (χ0v) is 22.8. The highest BCUT2D eigenvalue weighted by atomic mass is 19.1. The molecule has 2 N–H and O–H groups in total. The van der Waals surface area contributed by atoms with Gasteiger partial charge in [0.1, 0.15) is 28.5 Å². The molecular formula is C31H26FN5O5. The fourth-order valence-corrected chi connectivity index (χ4v) is 4.75. The quantitative estimate of drug-likeness (QED) is 0.224. The number of benzene rings is 3. The number of halogens is 1. The number of fused-ring (bicyclic) bond motifs is 1. The van der Waals surface area contributed by atoms with Gasteiger partial charge in [-0.2, -0.15) is 4.98 Å². The van der Waals surface area contributed by atoms with E-state index in [2.05, 4.69) is 15.1 Å². The SMILES string of the molecule is CCc1noc(-c2cc3c(Oc4ccc(N(C(=O)C5(C(N)=O)CC5)c5ccc(F)cc5)cc4)ccnc3cc2OC)n1. The summed E-state index contributed by atoms with van der Waals surface area (Å²) in [7, 11) is 1.55. The van der Waals surface area contributed by atoms with Crippen LogP contribution >= 0.6 is 0 Å². The molecule has 212 valence electrons. The number of aromatic nitrogens is 3. The Morgan fingerprint density at radius 2 is 1.71 bits per heavy atom. The van der Waals surface area contributed by atoms with E-state index in [1.165, 1.54) is 29.2 Å². The monoisotopic (exact) mass is 567 g/mol. The molecule has 0 bridgehead atoms. The molecular weight excluding hydrogens is 541 g/mol. The maximum absolute atomic E-state index is 13.7. The number of anilines is 2. The Kier molecular flexibility index (Phi) is 6.77. The summed E-state index contributed by atoms with van der Waals surface area (Å²) in [4.78, 5) is 36.0. The van der Waals surface area contributed by atoms with Crippen molar-refractivity contribution in [3.63, 3.8) is 0 Å². The number of methoxy groups -OCH3 is 1. The first-order valence-corrected chi connectivity index (χ1v) is 13.3. The first-order chi connectivity index (χ1) is 20.3. The fraction of sp³-hybridized carbons (Fsp3) is 0.194. The molecule has 0 saturated heterocycles. The minimum absolute atomic E-state index is 0.319. The molecule has 0 atom stereocenters. The van der Waals surface area contributed by atoms with Crippen LogP contribution in [0.4, 0.5) is 15.8 Å². The number of amides is 2. The van der Waals surface area contributed by atoms with Crippen LogP contribution < -0.4 is 20.1 Å². The molecule has 0 radical (unpaired) electrons. The Bertz CT molecular complexity index is 1800. The van der Waals surface area contributed by atoms with E-state index in [0.717, 1.165) is 0 Å². The molecule has 0 spiro atoms. The van der Waals surface area contributed by atoms with E-state index >= 15 is 0 Å². The number of rotatable bonds is 9. The van der Waals surface area contributed by atoms with Gasteiger partial charge in [0.15, 0.2) is 5.82 Å². The lowest BCUT2D eigenvalue weighted by molar-refractivity contribution is -0.133. The van der Waals surface area contributed by atoms with Crippen LogP contribution in [0.3, 0.4) is 0 Å². The molecule has 2 heterocycles. The Labute approximate surface area is 239 Å². The normalized spacial score (nSPS) is 13.5. The third-order valence-electron chi connectivity index (χ3n) is 7.28. The minimum atomic E-state index is -1.27. The number of aryl methyl sites for hydroxylation is 1. The zero-order chi connectivity index (χ0) is 29.4. The van der Waals surface area contributed by atoms with Crippen molar-refractivity contribution in [3.8, 4) is 28.7 Å². The highest BCUT2D eigenvalue weighted by molar-refractivity contribution is 6.16. The van der Waals surface area contributed by atoms with Gasteiger partial charge in [0.05, 0.1) is 18.2 Å². The fourth-order valence-electron chi connectivity index (χ4n) is 4.75. The smallest absolute Gasteiger partial charge is 0.261 e. The maximum atomic E-state index is 13.7. The summed E-state index contributed by atoms with van der Waals surface area (Å²) < 4.78 is 30.9. The lowest BCUT2D eigenvalue weighted by Crippen LogP contribution is -2.41. The summed E-state index contributed by atoms with van der Waals surface area (Å²) in [5, 5.41) is 4.67. The van der Waals surface area contributed by atoms with E-state index in [9.17, 15) is 14.0 Å². The van der Waals surface area contributed by atoms with Gasteiger partial charge < -0.3 is 19.7 Å². The summed E-state index contributed by atoms with van der Waals surface area (Å²) in [6.07, 6.45) is 2.98. The summed E-state index contributed by atoms with van der Waals surface area (Å²) in [5.41, 5.74) is 6.44. The second-order valence-electron chi connectivity index (χ2n) is 9.91. The number of carbonyl (C=O) groups excluding carboxylic acids is 2. The lowest BCUT2D eigenvalue weighted by Gasteiger charge is -2.26. The maximum Gasteiger partial charge on any atom is 0.261 e. The van der Waals surface area contributed by atoms with Crippen LogP contribution in [0.2, 0.25) is 0 Å². The van der Waals surface area contributed by atoms with E-state index < -0.39 is 23.0 Å². The van der Waals surface area contributed by atoms with E-state index in [0.29, 0.717) is 76.1 Å². The van der Waals surface area contributed by atoms with Crippen molar-refractivity contribution in [1.29, 1.82) is 0 Å². The van der Waals surface area contributed by atoms with Crippen LogP contribution in [-0.2, 0) is 16.0 Å². The molecule has 1 aliphatic rings. The van der Waals surface area contributed by atoms with Crippen LogP contribution in [0, 0.1) is 11.2 Å². The molecule has 1 aliphatic carbocycles. The second-order valence-corrected chi connectivity index (χ2v) is 9.91. The highest BCUT2D eigenvalue weighted by Gasteiger charge is 2.57. The lowest BCUT2D eigenvalue weighted by atomic mass is 10.0. The number of pyridine rings is 1. The summed E-state index contributed by atoms with van der Waals surface area (Å²) in [5.74, 6) is 0.849. The molecule has 0 unspecified atom stereocenters. The van der Waals surface area contributed by atoms with Crippen molar-refractivity contribution in [1.82, 2.24) is 15.1 Å². The number of nitrogens with two attached hydrogens (primary N) is 1. The molecule has 3 aromatic carbocycles. The van der Waals surface area contributed by atoms with Crippen molar-refractivity contribution < 1.29 is 28.0 Å². The molecule has 6 rings (SSSR count). The van der Waals surface area contributed by atoms with Gasteiger partial charge in [0, 0.05) is 35.4 Å². The molecule has 10 nitrogen and oxygen atoms in total. The second kappa shape index (κ2) is 10.6. The van der Waals surface area contributed by atoms with Crippen molar-refractivity contribution >= 4 is 34.1 Å². The number of hydrogen-bond donors (Lipinski definition) is 1. The van der Waals surface area contributed by atoms with Gasteiger partial charge in [-0.05, 0) is 73.5 Å². The van der Waals surface area contributed by atoms with Crippen molar-refractivity contribution in [2.75, 3.05) is 12.0 Å². The summed E-state index contributed by atoms with van der Waals surface area (Å²) in [6.45, 7) is 1.93. The van der Waals surface area contributed by atoms with Crippen LogP contribution in [-0.4, -0.2) is 34.0 Å². The van der Waals surface area contributed by atoms with E-state index in [4.69, 9.17) is 19.7 Å². The van der Waals surface area contributed by atoms with Crippen LogP contribution in [0.1, 0.15) is 25.6 Å². The third-order valence-corrected chi connectivity index (χ3v) is 7.28. The van der Waals surface area contributed by atoms with Crippen molar-refractivity contribution in [2.24, 2.45) is 11.1 Å². The first kappa shape index (κ1) is 26.9. The number of primary amides is 1. The van der Waals surface area contributed by atoms with Crippen molar-refractivity contribution in [3.05, 3.63) is 84.6 Å². The average Bonchev–Trinajstić information content (AvgIpc) is 3.69.